The van der Waals surface area contributed by atoms with Crippen LogP contribution in [0, 0.1) is 13.8 Å². The number of aryl methyl sites for hydroxylation is 2. The molecule has 2 rings (SSSR count). The number of amides is 1. The first-order chi connectivity index (χ1) is 8.59. The third-order valence-corrected chi connectivity index (χ3v) is 3.95. The minimum atomic E-state index is 0. The molecule has 0 saturated carbocycles. The van der Waals surface area contributed by atoms with Gasteiger partial charge in [-0.05, 0) is 37.8 Å². The second-order valence-corrected chi connectivity index (χ2v) is 5.40. The summed E-state index contributed by atoms with van der Waals surface area (Å²) in [4.78, 5) is 13.7. The molecule has 0 aliphatic carbocycles. The Kier molecular flexibility index (Phi) is 5.83. The average Bonchev–Trinajstić information content (AvgIpc) is 2.34. The van der Waals surface area contributed by atoms with Gasteiger partial charge in [-0.2, -0.15) is 0 Å². The molecule has 4 heteroatoms. The molecule has 1 heterocycles. The molecule has 3 nitrogen and oxygen atoms in total. The van der Waals surface area contributed by atoms with Crippen molar-refractivity contribution < 1.29 is 22.1 Å². The van der Waals surface area contributed by atoms with E-state index in [0.29, 0.717) is 0 Å². The number of hydrogen-bond acceptors (Lipinski definition) is 1. The van der Waals surface area contributed by atoms with Gasteiger partial charge in [0.2, 0.25) is 0 Å². The number of halogens is 1. The highest BCUT2D eigenvalue weighted by Crippen LogP contribution is 2.19. The van der Waals surface area contributed by atoms with Crippen LogP contribution in [0.5, 0.6) is 0 Å². The number of benzene rings is 1. The van der Waals surface area contributed by atoms with Crippen molar-refractivity contribution in [3.05, 3.63) is 29.3 Å². The van der Waals surface area contributed by atoms with Gasteiger partial charge in [0.25, 0.3) is 5.91 Å². The number of piperidine rings is 1. The number of anilines is 1. The van der Waals surface area contributed by atoms with Crippen LogP contribution in [0.25, 0.3) is 0 Å². The highest BCUT2D eigenvalue weighted by Gasteiger charge is 2.29. The van der Waals surface area contributed by atoms with Crippen LogP contribution >= 0.6 is 0 Å². The van der Waals surface area contributed by atoms with Gasteiger partial charge in [0.1, 0.15) is 0 Å². The lowest BCUT2D eigenvalue weighted by Gasteiger charge is -2.28. The number of rotatable bonds is 2. The predicted molar refractivity (Wildman–Crippen MR) is 73.9 cm³/mol. The van der Waals surface area contributed by atoms with E-state index in [2.05, 4.69) is 12.4 Å². The summed E-state index contributed by atoms with van der Waals surface area (Å²) in [7, 11) is 2.12. The van der Waals surface area contributed by atoms with Crippen LogP contribution in [0.15, 0.2) is 18.2 Å². The van der Waals surface area contributed by atoms with Crippen molar-refractivity contribution in [2.24, 2.45) is 0 Å². The van der Waals surface area contributed by atoms with E-state index in [-0.39, 0.29) is 24.4 Å². The van der Waals surface area contributed by atoms with Crippen molar-refractivity contribution in [2.75, 3.05) is 18.9 Å². The number of carbonyl (C=O) groups is 1. The highest BCUT2D eigenvalue weighted by molar-refractivity contribution is 5.95. The number of quaternary nitrogens is 1. The van der Waals surface area contributed by atoms with Gasteiger partial charge in [0.15, 0.2) is 6.04 Å². The molecule has 2 N–H and O–H groups in total. The summed E-state index contributed by atoms with van der Waals surface area (Å²) in [5.41, 5.74) is 3.26. The highest BCUT2D eigenvalue weighted by atomic mass is 35.5. The van der Waals surface area contributed by atoms with Crippen molar-refractivity contribution in [1.82, 2.24) is 0 Å². The second-order valence-electron chi connectivity index (χ2n) is 5.40. The number of likely N-dealkylation sites (N-methyl/N-ethyl adjacent to an activating group) is 1. The fourth-order valence-corrected chi connectivity index (χ4v) is 2.75. The predicted octanol–water partition coefficient (Wildman–Crippen LogP) is -1.69. The van der Waals surface area contributed by atoms with Gasteiger partial charge in [-0.15, -0.1) is 0 Å². The average molecular weight is 283 g/mol. The van der Waals surface area contributed by atoms with E-state index in [9.17, 15) is 4.79 Å². The fraction of sp³-hybridized carbons (Fsp3) is 0.533. The van der Waals surface area contributed by atoms with E-state index in [1.165, 1.54) is 17.7 Å². The zero-order valence-corrected chi connectivity index (χ0v) is 12.7. The third kappa shape index (κ3) is 3.71. The molecule has 1 amide bonds. The molecule has 0 radical (unpaired) electrons. The number of hydrogen-bond donors (Lipinski definition) is 2. The van der Waals surface area contributed by atoms with E-state index >= 15 is 0 Å². The van der Waals surface area contributed by atoms with Gasteiger partial charge in [0.05, 0.1) is 13.6 Å². The minimum Gasteiger partial charge on any atom is -1.00 e. The monoisotopic (exact) mass is 282 g/mol. The Morgan fingerprint density at radius 3 is 2.47 bits per heavy atom. The Morgan fingerprint density at radius 2 is 1.89 bits per heavy atom. The zero-order chi connectivity index (χ0) is 13.1. The summed E-state index contributed by atoms with van der Waals surface area (Å²) in [6, 6.07) is 6.22. The minimum absolute atomic E-state index is 0. The van der Waals surface area contributed by atoms with Crippen molar-refractivity contribution in [2.45, 2.75) is 39.2 Å². The van der Waals surface area contributed by atoms with Crippen LogP contribution in [0.3, 0.4) is 0 Å². The summed E-state index contributed by atoms with van der Waals surface area (Å²) in [6.45, 7) is 5.19. The van der Waals surface area contributed by atoms with Crippen molar-refractivity contribution in [3.63, 3.8) is 0 Å². The standard InChI is InChI=1S/C15H22N2O.ClH/c1-11-7-6-8-12(2)14(11)16-15(18)13-9-4-5-10-17(13)3;/h6-8,13H,4-5,9-10H2,1-3H3,(H,16,18);1H/t13-;/m1./s1. The van der Waals surface area contributed by atoms with E-state index in [0.717, 1.165) is 29.8 Å². The molecule has 2 atom stereocenters. The molecule has 0 aromatic heterocycles. The number of para-hydroxylation sites is 1. The molecular weight excluding hydrogens is 260 g/mol. The molecule has 1 aromatic rings. The molecule has 1 aliphatic heterocycles. The zero-order valence-electron chi connectivity index (χ0n) is 11.9. The quantitative estimate of drug-likeness (QED) is 0.667. The number of nitrogens with one attached hydrogen (secondary N) is 2. The summed E-state index contributed by atoms with van der Waals surface area (Å²) < 4.78 is 0. The van der Waals surface area contributed by atoms with E-state index < -0.39 is 0 Å². The topological polar surface area (TPSA) is 33.5 Å². The number of carbonyl (C=O) groups excluding carboxylic acids is 1. The molecule has 1 saturated heterocycles. The van der Waals surface area contributed by atoms with Gasteiger partial charge >= 0.3 is 0 Å². The number of likely N-dealkylation sites (tertiary alicyclic amines) is 1. The van der Waals surface area contributed by atoms with Crippen LogP contribution in [0.4, 0.5) is 5.69 Å². The van der Waals surface area contributed by atoms with Crippen LogP contribution in [0.2, 0.25) is 0 Å². The van der Waals surface area contributed by atoms with Crippen molar-refractivity contribution >= 4 is 11.6 Å². The Balaban J connectivity index is 0.00000180. The maximum atomic E-state index is 12.4. The van der Waals surface area contributed by atoms with E-state index in [4.69, 9.17) is 0 Å². The summed E-state index contributed by atoms with van der Waals surface area (Å²) in [5.74, 6) is 0.171. The van der Waals surface area contributed by atoms with Gasteiger partial charge in [-0.25, -0.2) is 0 Å². The van der Waals surface area contributed by atoms with Gasteiger partial charge in [-0.1, -0.05) is 18.2 Å². The van der Waals surface area contributed by atoms with E-state index in [1.54, 1.807) is 0 Å². The van der Waals surface area contributed by atoms with Crippen LogP contribution in [-0.4, -0.2) is 25.5 Å². The lowest BCUT2D eigenvalue weighted by atomic mass is 10.0. The summed E-state index contributed by atoms with van der Waals surface area (Å²) in [5, 5.41) is 3.12. The molecule has 0 bridgehead atoms. The van der Waals surface area contributed by atoms with Crippen LogP contribution in [-0.2, 0) is 4.79 Å². The maximum absolute atomic E-state index is 12.4. The lowest BCUT2D eigenvalue weighted by molar-refractivity contribution is -0.901. The van der Waals surface area contributed by atoms with Crippen LogP contribution < -0.4 is 22.6 Å². The Morgan fingerprint density at radius 1 is 1.26 bits per heavy atom. The fourth-order valence-electron chi connectivity index (χ4n) is 2.75. The first-order valence-electron chi connectivity index (χ1n) is 6.79. The molecule has 19 heavy (non-hydrogen) atoms. The SMILES string of the molecule is Cc1cccc(C)c1NC(=O)[C@H]1CCCC[NH+]1C.[Cl-]. The smallest absolute Gasteiger partial charge is 0.282 e. The van der Waals surface area contributed by atoms with Crippen molar-refractivity contribution in [1.29, 1.82) is 0 Å². The molecule has 106 valence electrons. The Bertz CT molecular complexity index is 428. The van der Waals surface area contributed by atoms with Crippen LogP contribution in [0.1, 0.15) is 30.4 Å². The van der Waals surface area contributed by atoms with Gasteiger partial charge < -0.3 is 22.6 Å². The van der Waals surface area contributed by atoms with Crippen molar-refractivity contribution in [3.8, 4) is 0 Å². The normalized spacial score (nSPS) is 22.5. The third-order valence-electron chi connectivity index (χ3n) is 3.95. The molecular formula is C15H23ClN2O. The summed E-state index contributed by atoms with van der Waals surface area (Å²) in [6.07, 6.45) is 3.41. The first kappa shape index (κ1) is 16.0. The molecule has 1 unspecified atom stereocenters. The maximum Gasteiger partial charge on any atom is 0.282 e. The lowest BCUT2D eigenvalue weighted by Crippen LogP contribution is -3.15. The van der Waals surface area contributed by atoms with Gasteiger partial charge in [-0.3, -0.25) is 4.79 Å². The molecule has 0 spiro atoms. The van der Waals surface area contributed by atoms with E-state index in [1.807, 2.05) is 32.0 Å². The summed E-state index contributed by atoms with van der Waals surface area (Å²) >= 11 is 0. The largest absolute Gasteiger partial charge is 1.00 e. The molecule has 1 aromatic carbocycles. The Hall–Kier alpha value is -1.06. The Labute approximate surface area is 121 Å². The first-order valence-corrected chi connectivity index (χ1v) is 6.79. The molecule has 1 fully saturated rings. The van der Waals surface area contributed by atoms with Gasteiger partial charge in [0, 0.05) is 12.1 Å². The molecule has 1 aliphatic rings. The second kappa shape index (κ2) is 6.92.